The first-order valence-electron chi connectivity index (χ1n) is 7.61. The highest BCUT2D eigenvalue weighted by atomic mass is 16.4. The Balaban J connectivity index is 1.84. The van der Waals surface area contributed by atoms with Gasteiger partial charge in [-0.2, -0.15) is 0 Å². The number of hydrogen-bond donors (Lipinski definition) is 2. The molecular formula is C19H21NO3. The summed E-state index contributed by atoms with van der Waals surface area (Å²) < 4.78 is 0. The van der Waals surface area contributed by atoms with Crippen LogP contribution in [0.3, 0.4) is 0 Å². The number of benzene rings is 2. The summed E-state index contributed by atoms with van der Waals surface area (Å²) in [6.45, 7) is 4.56. The van der Waals surface area contributed by atoms with Gasteiger partial charge >= 0.3 is 5.97 Å². The molecule has 0 heterocycles. The second-order valence-electron chi connectivity index (χ2n) is 5.65. The van der Waals surface area contributed by atoms with E-state index in [0.29, 0.717) is 19.4 Å². The molecule has 2 aromatic carbocycles. The molecule has 0 radical (unpaired) electrons. The zero-order valence-electron chi connectivity index (χ0n) is 13.4. The smallest absolute Gasteiger partial charge is 0.335 e. The first-order chi connectivity index (χ1) is 11.0. The molecule has 120 valence electrons. The topological polar surface area (TPSA) is 66.4 Å². The lowest BCUT2D eigenvalue weighted by atomic mass is 10.00. The molecule has 4 nitrogen and oxygen atoms in total. The summed E-state index contributed by atoms with van der Waals surface area (Å²) in [5.41, 5.74) is 4.61. The molecule has 2 N–H and O–H groups in total. The van der Waals surface area contributed by atoms with E-state index < -0.39 is 5.97 Å². The van der Waals surface area contributed by atoms with Gasteiger partial charge in [-0.25, -0.2) is 4.79 Å². The molecule has 0 aliphatic carbocycles. The number of carboxylic acid groups (broad SMARTS) is 1. The van der Waals surface area contributed by atoms with E-state index >= 15 is 0 Å². The van der Waals surface area contributed by atoms with Gasteiger partial charge in [0, 0.05) is 6.54 Å². The number of carboxylic acids is 1. The number of carbonyl (C=O) groups is 2. The summed E-state index contributed by atoms with van der Waals surface area (Å²) in [6, 6.07) is 12.7. The van der Waals surface area contributed by atoms with E-state index in [1.165, 1.54) is 0 Å². The molecule has 23 heavy (non-hydrogen) atoms. The molecular weight excluding hydrogens is 290 g/mol. The van der Waals surface area contributed by atoms with Gasteiger partial charge in [0.05, 0.1) is 12.0 Å². The highest BCUT2D eigenvalue weighted by Crippen LogP contribution is 2.13. The predicted octanol–water partition coefficient (Wildman–Crippen LogP) is 2.90. The van der Waals surface area contributed by atoms with Crippen LogP contribution < -0.4 is 5.32 Å². The van der Waals surface area contributed by atoms with E-state index in [-0.39, 0.29) is 11.5 Å². The molecule has 0 aromatic heterocycles. The molecule has 1 amide bonds. The van der Waals surface area contributed by atoms with Crippen LogP contribution in [-0.4, -0.2) is 23.5 Å². The molecule has 0 spiro atoms. The highest BCUT2D eigenvalue weighted by molar-refractivity contribution is 5.87. The van der Waals surface area contributed by atoms with Crippen LogP contribution in [0.25, 0.3) is 0 Å². The molecule has 0 aliphatic heterocycles. The molecule has 0 atom stereocenters. The first kappa shape index (κ1) is 16.7. The molecule has 2 aromatic rings. The number of carbonyl (C=O) groups excluding carboxylic acids is 1. The fourth-order valence-corrected chi connectivity index (χ4v) is 2.51. The van der Waals surface area contributed by atoms with Gasteiger partial charge in [-0.3, -0.25) is 4.79 Å². The van der Waals surface area contributed by atoms with Crippen LogP contribution in [0, 0.1) is 13.8 Å². The van der Waals surface area contributed by atoms with Crippen LogP contribution in [0.1, 0.15) is 32.6 Å². The third-order valence-electron chi connectivity index (χ3n) is 3.92. The maximum atomic E-state index is 12.1. The molecule has 0 bridgehead atoms. The van der Waals surface area contributed by atoms with Gasteiger partial charge in [-0.1, -0.05) is 30.3 Å². The van der Waals surface area contributed by atoms with Crippen LogP contribution in [0.15, 0.2) is 42.5 Å². The van der Waals surface area contributed by atoms with Gasteiger partial charge < -0.3 is 10.4 Å². The van der Waals surface area contributed by atoms with Gasteiger partial charge in [0.1, 0.15) is 0 Å². The van der Waals surface area contributed by atoms with Crippen molar-refractivity contribution in [3.63, 3.8) is 0 Å². The van der Waals surface area contributed by atoms with Gasteiger partial charge in [0.15, 0.2) is 0 Å². The molecule has 2 rings (SSSR count). The van der Waals surface area contributed by atoms with Gasteiger partial charge in [0.2, 0.25) is 5.91 Å². The second-order valence-corrected chi connectivity index (χ2v) is 5.65. The molecule has 0 unspecified atom stereocenters. The van der Waals surface area contributed by atoms with Crippen LogP contribution in [-0.2, 0) is 17.6 Å². The minimum absolute atomic E-state index is 0.00422. The summed E-state index contributed by atoms with van der Waals surface area (Å²) in [4.78, 5) is 22.8. The number of aromatic carboxylic acids is 1. The van der Waals surface area contributed by atoms with Crippen molar-refractivity contribution in [3.05, 3.63) is 70.3 Å². The Morgan fingerprint density at radius 1 is 1.00 bits per heavy atom. The fourth-order valence-electron chi connectivity index (χ4n) is 2.51. The van der Waals surface area contributed by atoms with Crippen LogP contribution in [0.2, 0.25) is 0 Å². The first-order valence-corrected chi connectivity index (χ1v) is 7.61. The quantitative estimate of drug-likeness (QED) is 0.862. The van der Waals surface area contributed by atoms with Gasteiger partial charge in [0.25, 0.3) is 0 Å². The lowest BCUT2D eigenvalue weighted by Crippen LogP contribution is -2.27. The van der Waals surface area contributed by atoms with E-state index in [9.17, 15) is 9.59 Å². The Morgan fingerprint density at radius 3 is 2.17 bits per heavy atom. The maximum Gasteiger partial charge on any atom is 0.335 e. The number of rotatable bonds is 6. The monoisotopic (exact) mass is 311 g/mol. The van der Waals surface area contributed by atoms with Crippen molar-refractivity contribution in [2.75, 3.05) is 6.54 Å². The molecule has 4 heteroatoms. The van der Waals surface area contributed by atoms with Crippen LogP contribution in [0.5, 0.6) is 0 Å². The lowest BCUT2D eigenvalue weighted by Gasteiger charge is -2.10. The Morgan fingerprint density at radius 2 is 1.61 bits per heavy atom. The largest absolute Gasteiger partial charge is 0.478 e. The van der Waals surface area contributed by atoms with Crippen molar-refractivity contribution in [2.24, 2.45) is 0 Å². The average Bonchev–Trinajstić information content (AvgIpc) is 2.51. The van der Waals surface area contributed by atoms with Crippen molar-refractivity contribution >= 4 is 11.9 Å². The predicted molar refractivity (Wildman–Crippen MR) is 89.7 cm³/mol. The summed E-state index contributed by atoms with van der Waals surface area (Å²) in [5.74, 6) is -0.928. The summed E-state index contributed by atoms with van der Waals surface area (Å²) >= 11 is 0. The van der Waals surface area contributed by atoms with E-state index in [4.69, 9.17) is 5.11 Å². The van der Waals surface area contributed by atoms with Crippen molar-refractivity contribution in [2.45, 2.75) is 26.7 Å². The fraction of sp³-hybridized carbons (Fsp3) is 0.263. The highest BCUT2D eigenvalue weighted by Gasteiger charge is 2.08. The Bertz CT molecular complexity index is 685. The standard InChI is InChI=1S/C19H21NO3/c1-13-4-3-5-14(2)17(13)12-18(21)20-11-10-15-6-8-16(9-7-15)19(22)23/h3-9H,10-12H2,1-2H3,(H,20,21)(H,22,23). The summed E-state index contributed by atoms with van der Waals surface area (Å²) in [6.07, 6.45) is 1.06. The van der Waals surface area contributed by atoms with Crippen molar-refractivity contribution < 1.29 is 14.7 Å². The maximum absolute atomic E-state index is 12.1. The lowest BCUT2D eigenvalue weighted by molar-refractivity contribution is -0.120. The van der Waals surface area contributed by atoms with Crippen molar-refractivity contribution in [1.29, 1.82) is 0 Å². The van der Waals surface area contributed by atoms with E-state index in [1.807, 2.05) is 32.0 Å². The van der Waals surface area contributed by atoms with Crippen molar-refractivity contribution in [3.8, 4) is 0 Å². The Labute approximate surface area is 136 Å². The second kappa shape index (κ2) is 7.58. The van der Waals surface area contributed by atoms with Crippen molar-refractivity contribution in [1.82, 2.24) is 5.32 Å². The molecule has 0 saturated carbocycles. The third-order valence-corrected chi connectivity index (χ3v) is 3.92. The van der Waals surface area contributed by atoms with Crippen LogP contribution in [0.4, 0.5) is 0 Å². The average molecular weight is 311 g/mol. The number of amides is 1. The van der Waals surface area contributed by atoms with Gasteiger partial charge in [-0.05, 0) is 54.7 Å². The Kier molecular flexibility index (Phi) is 5.52. The molecule has 0 aliphatic rings. The summed E-state index contributed by atoms with van der Waals surface area (Å²) in [7, 11) is 0. The van der Waals surface area contributed by atoms with Gasteiger partial charge in [-0.15, -0.1) is 0 Å². The number of nitrogens with one attached hydrogen (secondary N) is 1. The third kappa shape index (κ3) is 4.68. The van der Waals surface area contributed by atoms with E-state index in [1.54, 1.807) is 24.3 Å². The molecule has 0 fully saturated rings. The van der Waals surface area contributed by atoms with E-state index in [0.717, 1.165) is 22.3 Å². The Hall–Kier alpha value is -2.62. The zero-order chi connectivity index (χ0) is 16.8. The number of hydrogen-bond acceptors (Lipinski definition) is 2. The normalized spacial score (nSPS) is 10.3. The minimum atomic E-state index is -0.932. The SMILES string of the molecule is Cc1cccc(C)c1CC(=O)NCCc1ccc(C(=O)O)cc1. The minimum Gasteiger partial charge on any atom is -0.478 e. The van der Waals surface area contributed by atoms with E-state index in [2.05, 4.69) is 5.32 Å². The molecule has 0 saturated heterocycles. The number of aryl methyl sites for hydroxylation is 2. The summed E-state index contributed by atoms with van der Waals surface area (Å²) in [5, 5.41) is 11.8. The zero-order valence-corrected chi connectivity index (χ0v) is 13.4. The van der Waals surface area contributed by atoms with Crippen LogP contribution >= 0.6 is 0 Å².